The normalized spacial score (nSPS) is 13.0. The summed E-state index contributed by atoms with van der Waals surface area (Å²) >= 11 is 0. The third kappa shape index (κ3) is 1.42. The molecule has 0 unspecified atom stereocenters. The standard InChI is InChI=1S/C18H17N/c1-11(2)13-8-5-6-12-10-15-14-7-3-4-9-16(14)19-18(15)17(12)13/h3-9,11,19H,10H2,1-2H3. The Morgan fingerprint density at radius 1 is 1.00 bits per heavy atom. The smallest absolute Gasteiger partial charge is 0.0506 e. The molecule has 2 aromatic carbocycles. The molecule has 1 nitrogen and oxygen atoms in total. The summed E-state index contributed by atoms with van der Waals surface area (Å²) in [6, 6.07) is 15.4. The third-order valence-electron chi connectivity index (χ3n) is 4.24. The second kappa shape index (κ2) is 3.74. The van der Waals surface area contributed by atoms with Crippen molar-refractivity contribution in [3.8, 4) is 11.3 Å². The first-order chi connectivity index (χ1) is 9.25. The Hall–Kier alpha value is -2.02. The van der Waals surface area contributed by atoms with Gasteiger partial charge < -0.3 is 4.98 Å². The van der Waals surface area contributed by atoms with E-state index in [0.29, 0.717) is 5.92 Å². The van der Waals surface area contributed by atoms with E-state index in [4.69, 9.17) is 0 Å². The predicted molar refractivity (Wildman–Crippen MR) is 80.6 cm³/mol. The highest BCUT2D eigenvalue weighted by atomic mass is 14.7. The SMILES string of the molecule is CC(C)c1cccc2c1-c1[nH]c3ccccc3c1C2. The average Bonchev–Trinajstić information content (AvgIpc) is 2.94. The molecule has 0 bridgehead atoms. The van der Waals surface area contributed by atoms with Crippen molar-refractivity contribution in [1.82, 2.24) is 4.98 Å². The predicted octanol–water partition coefficient (Wildman–Crippen LogP) is 4.86. The van der Waals surface area contributed by atoms with Gasteiger partial charge in [-0.05, 0) is 28.7 Å². The maximum absolute atomic E-state index is 3.63. The molecule has 0 aliphatic heterocycles. The molecule has 0 radical (unpaired) electrons. The van der Waals surface area contributed by atoms with Crippen molar-refractivity contribution in [3.05, 3.63) is 59.2 Å². The molecule has 1 aliphatic rings. The minimum Gasteiger partial charge on any atom is -0.354 e. The van der Waals surface area contributed by atoms with Crippen LogP contribution in [-0.2, 0) is 6.42 Å². The topological polar surface area (TPSA) is 15.8 Å². The lowest BCUT2D eigenvalue weighted by Gasteiger charge is -2.11. The first kappa shape index (κ1) is 10.9. The van der Waals surface area contributed by atoms with Gasteiger partial charge in [-0.1, -0.05) is 50.2 Å². The Morgan fingerprint density at radius 2 is 1.84 bits per heavy atom. The van der Waals surface area contributed by atoms with Gasteiger partial charge in [-0.25, -0.2) is 0 Å². The van der Waals surface area contributed by atoms with Gasteiger partial charge in [0.15, 0.2) is 0 Å². The van der Waals surface area contributed by atoms with Crippen molar-refractivity contribution >= 4 is 10.9 Å². The van der Waals surface area contributed by atoms with Crippen LogP contribution in [0.2, 0.25) is 0 Å². The molecule has 1 aliphatic carbocycles. The molecule has 0 amide bonds. The van der Waals surface area contributed by atoms with Gasteiger partial charge in [-0.2, -0.15) is 0 Å². The molecule has 1 aromatic heterocycles. The number of hydrogen-bond donors (Lipinski definition) is 1. The van der Waals surface area contributed by atoms with E-state index in [1.807, 2.05) is 0 Å². The number of hydrogen-bond acceptors (Lipinski definition) is 0. The zero-order chi connectivity index (χ0) is 13.0. The van der Waals surface area contributed by atoms with E-state index in [-0.39, 0.29) is 0 Å². The maximum Gasteiger partial charge on any atom is 0.0506 e. The van der Waals surface area contributed by atoms with Crippen LogP contribution < -0.4 is 0 Å². The Balaban J connectivity index is 2.06. The third-order valence-corrected chi connectivity index (χ3v) is 4.24. The summed E-state index contributed by atoms with van der Waals surface area (Å²) in [6.45, 7) is 4.55. The van der Waals surface area contributed by atoms with E-state index in [1.54, 1.807) is 0 Å². The van der Waals surface area contributed by atoms with Gasteiger partial charge in [0.25, 0.3) is 0 Å². The Bertz CT molecular complexity index is 777. The molecular formula is C18H17N. The number of rotatable bonds is 1. The number of aromatic amines is 1. The molecule has 0 spiro atoms. The molecule has 3 aromatic rings. The van der Waals surface area contributed by atoms with E-state index in [2.05, 4.69) is 61.3 Å². The van der Waals surface area contributed by atoms with Crippen molar-refractivity contribution < 1.29 is 0 Å². The van der Waals surface area contributed by atoms with E-state index in [9.17, 15) is 0 Å². The average molecular weight is 247 g/mol. The van der Waals surface area contributed by atoms with Crippen LogP contribution in [0.1, 0.15) is 36.5 Å². The van der Waals surface area contributed by atoms with Crippen LogP contribution in [-0.4, -0.2) is 4.98 Å². The minimum atomic E-state index is 0.562. The summed E-state index contributed by atoms with van der Waals surface area (Å²) in [6.07, 6.45) is 1.06. The fraction of sp³-hybridized carbons (Fsp3) is 0.222. The van der Waals surface area contributed by atoms with E-state index in [1.165, 1.54) is 38.9 Å². The largest absolute Gasteiger partial charge is 0.354 e. The van der Waals surface area contributed by atoms with Gasteiger partial charge >= 0.3 is 0 Å². The summed E-state index contributed by atoms with van der Waals surface area (Å²) in [5.41, 5.74) is 8.46. The summed E-state index contributed by atoms with van der Waals surface area (Å²) in [4.78, 5) is 3.63. The van der Waals surface area contributed by atoms with Crippen molar-refractivity contribution in [1.29, 1.82) is 0 Å². The summed E-state index contributed by atoms with van der Waals surface area (Å²) < 4.78 is 0. The van der Waals surface area contributed by atoms with Crippen LogP contribution >= 0.6 is 0 Å². The van der Waals surface area contributed by atoms with Crippen LogP contribution in [0.4, 0.5) is 0 Å². The van der Waals surface area contributed by atoms with Crippen LogP contribution in [0.25, 0.3) is 22.2 Å². The highest BCUT2D eigenvalue weighted by molar-refractivity contribution is 5.95. The zero-order valence-corrected chi connectivity index (χ0v) is 11.3. The van der Waals surface area contributed by atoms with Gasteiger partial charge in [-0.3, -0.25) is 0 Å². The molecule has 1 heterocycles. The Kier molecular flexibility index (Phi) is 2.14. The number of nitrogens with one attached hydrogen (secondary N) is 1. The van der Waals surface area contributed by atoms with Gasteiger partial charge in [0, 0.05) is 22.9 Å². The lowest BCUT2D eigenvalue weighted by molar-refractivity contribution is 0.867. The van der Waals surface area contributed by atoms with Gasteiger partial charge in [0.2, 0.25) is 0 Å². The monoisotopic (exact) mass is 247 g/mol. The van der Waals surface area contributed by atoms with Crippen molar-refractivity contribution in [2.24, 2.45) is 0 Å². The molecule has 0 atom stereocenters. The number of para-hydroxylation sites is 1. The van der Waals surface area contributed by atoms with Crippen molar-refractivity contribution in [3.63, 3.8) is 0 Å². The highest BCUT2D eigenvalue weighted by Crippen LogP contribution is 2.43. The maximum atomic E-state index is 3.63. The number of H-pyrrole nitrogens is 1. The lowest BCUT2D eigenvalue weighted by atomic mass is 9.94. The number of fused-ring (bicyclic) bond motifs is 5. The number of aromatic nitrogens is 1. The first-order valence-corrected chi connectivity index (χ1v) is 6.97. The van der Waals surface area contributed by atoms with Gasteiger partial charge in [0.05, 0.1) is 5.69 Å². The fourth-order valence-electron chi connectivity index (χ4n) is 3.34. The van der Waals surface area contributed by atoms with Crippen molar-refractivity contribution in [2.75, 3.05) is 0 Å². The van der Waals surface area contributed by atoms with Crippen LogP contribution in [0.3, 0.4) is 0 Å². The van der Waals surface area contributed by atoms with Crippen LogP contribution in [0.15, 0.2) is 42.5 Å². The molecular weight excluding hydrogens is 230 g/mol. The molecule has 1 heteroatoms. The molecule has 19 heavy (non-hydrogen) atoms. The summed E-state index contributed by atoms with van der Waals surface area (Å²) in [5.74, 6) is 0.562. The van der Waals surface area contributed by atoms with Crippen LogP contribution in [0, 0.1) is 0 Å². The van der Waals surface area contributed by atoms with E-state index < -0.39 is 0 Å². The van der Waals surface area contributed by atoms with Gasteiger partial charge in [-0.15, -0.1) is 0 Å². The minimum absolute atomic E-state index is 0.562. The Labute approximate surface area is 113 Å². The lowest BCUT2D eigenvalue weighted by Crippen LogP contribution is -1.93. The zero-order valence-electron chi connectivity index (χ0n) is 11.3. The highest BCUT2D eigenvalue weighted by Gasteiger charge is 2.25. The second-order valence-electron chi connectivity index (χ2n) is 5.74. The quantitative estimate of drug-likeness (QED) is 0.494. The van der Waals surface area contributed by atoms with Crippen LogP contribution in [0.5, 0.6) is 0 Å². The fourth-order valence-corrected chi connectivity index (χ4v) is 3.34. The second-order valence-corrected chi connectivity index (χ2v) is 5.74. The molecule has 4 rings (SSSR count). The number of benzene rings is 2. The molecule has 94 valence electrons. The van der Waals surface area contributed by atoms with E-state index in [0.717, 1.165) is 6.42 Å². The molecule has 0 fully saturated rings. The van der Waals surface area contributed by atoms with Gasteiger partial charge in [0.1, 0.15) is 0 Å². The van der Waals surface area contributed by atoms with E-state index >= 15 is 0 Å². The molecule has 0 saturated heterocycles. The summed E-state index contributed by atoms with van der Waals surface area (Å²) in [7, 11) is 0. The molecule has 1 N–H and O–H groups in total. The first-order valence-electron chi connectivity index (χ1n) is 6.97. The summed E-state index contributed by atoms with van der Waals surface area (Å²) in [5, 5.41) is 1.38. The molecule has 0 saturated carbocycles. The Morgan fingerprint density at radius 3 is 2.68 bits per heavy atom. The van der Waals surface area contributed by atoms with Crippen molar-refractivity contribution in [2.45, 2.75) is 26.2 Å².